The molecule has 2 aromatic carbocycles. The summed E-state index contributed by atoms with van der Waals surface area (Å²) < 4.78 is 0. The van der Waals surface area contributed by atoms with Gasteiger partial charge in [0.15, 0.2) is 11.6 Å². The fourth-order valence-corrected chi connectivity index (χ4v) is 2.96. The van der Waals surface area contributed by atoms with Crippen molar-refractivity contribution in [3.8, 4) is 12.3 Å². The number of fused-ring (bicyclic) bond motifs is 1. The van der Waals surface area contributed by atoms with E-state index in [-0.39, 0.29) is 17.5 Å². The van der Waals surface area contributed by atoms with Gasteiger partial charge in [-0.3, -0.25) is 9.59 Å². The zero-order valence-electron chi connectivity index (χ0n) is 12.7. The molecule has 0 N–H and O–H groups in total. The lowest BCUT2D eigenvalue weighted by Gasteiger charge is -2.20. The van der Waals surface area contributed by atoms with Crippen LogP contribution in [-0.4, -0.2) is 11.6 Å². The Morgan fingerprint density at radius 3 is 2.26 bits per heavy atom. The monoisotopic (exact) mass is 300 g/mol. The Morgan fingerprint density at radius 1 is 0.913 bits per heavy atom. The number of terminal acetylenes is 1. The summed E-state index contributed by atoms with van der Waals surface area (Å²) >= 11 is 0. The second-order valence-electron chi connectivity index (χ2n) is 5.63. The molecule has 0 aliphatic heterocycles. The minimum Gasteiger partial charge on any atom is -0.289 e. The van der Waals surface area contributed by atoms with Crippen LogP contribution in [-0.2, 0) is 0 Å². The summed E-state index contributed by atoms with van der Waals surface area (Å²) in [6, 6.07) is 16.8. The van der Waals surface area contributed by atoms with Crippen LogP contribution in [0.5, 0.6) is 0 Å². The second-order valence-corrected chi connectivity index (χ2v) is 5.63. The van der Waals surface area contributed by atoms with Crippen LogP contribution in [0.2, 0.25) is 0 Å². The fraction of sp³-hybridized carbons (Fsp3) is 0.143. The van der Waals surface area contributed by atoms with Crippen molar-refractivity contribution in [3.05, 3.63) is 82.9 Å². The first kappa shape index (κ1) is 15.0. The van der Waals surface area contributed by atoms with Gasteiger partial charge in [-0.05, 0) is 24.0 Å². The predicted molar refractivity (Wildman–Crippen MR) is 90.4 cm³/mol. The van der Waals surface area contributed by atoms with Gasteiger partial charge in [-0.2, -0.15) is 0 Å². The van der Waals surface area contributed by atoms with Crippen molar-refractivity contribution in [1.29, 1.82) is 0 Å². The van der Waals surface area contributed by atoms with Crippen LogP contribution in [0.4, 0.5) is 0 Å². The van der Waals surface area contributed by atoms with Gasteiger partial charge in [0.05, 0.1) is 0 Å². The minimum absolute atomic E-state index is 0.0365. The SMILES string of the molecule is C#CCC(CC1=CC(=O)c2ccccc2C1=O)c1ccccc1. The summed E-state index contributed by atoms with van der Waals surface area (Å²) in [5, 5.41) is 0. The van der Waals surface area contributed by atoms with Crippen molar-refractivity contribution in [2.45, 2.75) is 18.8 Å². The summed E-state index contributed by atoms with van der Waals surface area (Å²) in [7, 11) is 0. The summed E-state index contributed by atoms with van der Waals surface area (Å²) in [6.45, 7) is 0. The molecule has 2 nitrogen and oxygen atoms in total. The minimum atomic E-state index is -0.109. The lowest BCUT2D eigenvalue weighted by molar-refractivity contribution is 0.0980. The third kappa shape index (κ3) is 3.00. The van der Waals surface area contributed by atoms with E-state index in [0.717, 1.165) is 5.56 Å². The Balaban J connectivity index is 1.91. The molecule has 1 unspecified atom stereocenters. The number of carbonyl (C=O) groups excluding carboxylic acids is 2. The maximum absolute atomic E-state index is 12.7. The van der Waals surface area contributed by atoms with Gasteiger partial charge in [0.2, 0.25) is 0 Å². The second kappa shape index (κ2) is 6.46. The highest BCUT2D eigenvalue weighted by molar-refractivity contribution is 6.24. The Morgan fingerprint density at radius 2 is 1.57 bits per heavy atom. The number of ketones is 2. The summed E-state index contributed by atoms with van der Waals surface area (Å²) in [5.41, 5.74) is 2.60. The molecule has 0 saturated heterocycles. The summed E-state index contributed by atoms with van der Waals surface area (Å²) in [5.74, 6) is 2.53. The van der Waals surface area contributed by atoms with Crippen LogP contribution < -0.4 is 0 Å². The predicted octanol–water partition coefficient (Wildman–Crippen LogP) is 4.19. The lowest BCUT2D eigenvalue weighted by atomic mass is 9.82. The molecule has 0 radical (unpaired) electrons. The number of benzene rings is 2. The zero-order valence-corrected chi connectivity index (χ0v) is 12.7. The van der Waals surface area contributed by atoms with Gasteiger partial charge < -0.3 is 0 Å². The van der Waals surface area contributed by atoms with Crippen LogP contribution in [0.15, 0.2) is 66.2 Å². The molecule has 112 valence electrons. The van der Waals surface area contributed by atoms with Crippen molar-refractivity contribution in [2.75, 3.05) is 0 Å². The average molecular weight is 300 g/mol. The molecule has 1 aliphatic carbocycles. The molecule has 0 heterocycles. The maximum Gasteiger partial charge on any atom is 0.189 e. The molecule has 2 heteroatoms. The number of rotatable bonds is 4. The zero-order chi connectivity index (χ0) is 16.2. The van der Waals surface area contributed by atoms with E-state index < -0.39 is 0 Å². The summed E-state index contributed by atoms with van der Waals surface area (Å²) in [6.07, 6.45) is 7.97. The molecule has 0 saturated carbocycles. The van der Waals surface area contributed by atoms with Gasteiger partial charge in [-0.15, -0.1) is 12.3 Å². The highest BCUT2D eigenvalue weighted by Gasteiger charge is 2.26. The largest absolute Gasteiger partial charge is 0.289 e. The molecule has 1 aliphatic rings. The molecule has 2 aromatic rings. The van der Waals surface area contributed by atoms with Crippen LogP contribution in [0.3, 0.4) is 0 Å². The van der Waals surface area contributed by atoms with E-state index in [1.165, 1.54) is 6.08 Å². The van der Waals surface area contributed by atoms with E-state index in [9.17, 15) is 9.59 Å². The number of Topliss-reactive ketones (excluding diaryl/α,β-unsaturated/α-hetero) is 1. The standard InChI is InChI=1S/C21H16O2/c1-2-8-16(15-9-4-3-5-10-15)13-17-14-20(22)18-11-6-7-12-19(18)21(17)23/h1,3-7,9-12,14,16H,8,13H2. The summed E-state index contributed by atoms with van der Waals surface area (Å²) in [4.78, 5) is 24.9. The third-order valence-electron chi connectivity index (χ3n) is 4.14. The van der Waals surface area contributed by atoms with E-state index >= 15 is 0 Å². The Bertz CT molecular complexity index is 822. The Hall–Kier alpha value is -2.92. The van der Waals surface area contributed by atoms with Crippen LogP contribution in [0, 0.1) is 12.3 Å². The normalized spacial score (nSPS) is 14.7. The van der Waals surface area contributed by atoms with Crippen molar-refractivity contribution in [3.63, 3.8) is 0 Å². The molecular weight excluding hydrogens is 284 g/mol. The van der Waals surface area contributed by atoms with Gasteiger partial charge in [0.25, 0.3) is 0 Å². The van der Waals surface area contributed by atoms with Gasteiger partial charge in [0.1, 0.15) is 0 Å². The molecule has 0 aromatic heterocycles. The van der Waals surface area contributed by atoms with Crippen molar-refractivity contribution >= 4 is 11.6 Å². The molecule has 0 fully saturated rings. The quantitative estimate of drug-likeness (QED) is 0.793. The van der Waals surface area contributed by atoms with Crippen molar-refractivity contribution < 1.29 is 9.59 Å². The highest BCUT2D eigenvalue weighted by atomic mass is 16.1. The van der Waals surface area contributed by atoms with Gasteiger partial charge >= 0.3 is 0 Å². The van der Waals surface area contributed by atoms with E-state index in [4.69, 9.17) is 6.42 Å². The molecule has 0 amide bonds. The lowest BCUT2D eigenvalue weighted by Crippen LogP contribution is -2.18. The van der Waals surface area contributed by atoms with Crippen molar-refractivity contribution in [1.82, 2.24) is 0 Å². The van der Waals surface area contributed by atoms with Gasteiger partial charge in [-0.1, -0.05) is 54.6 Å². The Labute approximate surface area is 135 Å². The van der Waals surface area contributed by atoms with E-state index in [0.29, 0.717) is 29.5 Å². The molecule has 23 heavy (non-hydrogen) atoms. The van der Waals surface area contributed by atoms with E-state index in [1.807, 2.05) is 30.3 Å². The average Bonchev–Trinajstić information content (AvgIpc) is 2.60. The molecule has 3 rings (SSSR count). The van der Waals surface area contributed by atoms with E-state index in [2.05, 4.69) is 5.92 Å². The van der Waals surface area contributed by atoms with Crippen LogP contribution in [0.1, 0.15) is 45.0 Å². The van der Waals surface area contributed by atoms with Gasteiger partial charge in [-0.25, -0.2) is 0 Å². The number of hydrogen-bond donors (Lipinski definition) is 0. The molecule has 0 bridgehead atoms. The van der Waals surface area contributed by atoms with E-state index in [1.54, 1.807) is 24.3 Å². The Kier molecular flexibility index (Phi) is 4.21. The van der Waals surface area contributed by atoms with Crippen LogP contribution in [0.25, 0.3) is 0 Å². The molecular formula is C21H16O2. The third-order valence-corrected chi connectivity index (χ3v) is 4.14. The first-order valence-corrected chi connectivity index (χ1v) is 7.57. The van der Waals surface area contributed by atoms with Crippen molar-refractivity contribution in [2.24, 2.45) is 0 Å². The number of carbonyl (C=O) groups is 2. The topological polar surface area (TPSA) is 34.1 Å². The molecule has 1 atom stereocenters. The van der Waals surface area contributed by atoms with Gasteiger partial charge in [0, 0.05) is 23.1 Å². The first-order valence-electron chi connectivity index (χ1n) is 7.57. The highest BCUT2D eigenvalue weighted by Crippen LogP contribution is 2.31. The first-order chi connectivity index (χ1) is 11.2. The maximum atomic E-state index is 12.7. The smallest absolute Gasteiger partial charge is 0.189 e. The number of allylic oxidation sites excluding steroid dienone is 2. The fourth-order valence-electron chi connectivity index (χ4n) is 2.96. The van der Waals surface area contributed by atoms with Crippen LogP contribution >= 0.6 is 0 Å². The molecule has 0 spiro atoms. The number of hydrogen-bond acceptors (Lipinski definition) is 2.